The van der Waals surface area contributed by atoms with Gasteiger partial charge in [-0.2, -0.15) is 9.97 Å². The molecule has 0 radical (unpaired) electrons. The molecule has 5 N–H and O–H groups in total. The largest absolute Gasteiger partial charge is 0.392 e. The first-order valence-corrected chi connectivity index (χ1v) is 8.82. The van der Waals surface area contributed by atoms with Crippen LogP contribution in [-0.4, -0.2) is 57.3 Å². The standard InChI is InChI=1S/C17H28N8O.ClH/c1-6-18-14-13-12(22-16(24-14)20-8-10(3)4)15(19-7-2)25-17(23-13)21-9-11(5)26;/h11,26H,3,6-9H2,1-2,4-5H3,(H2,18,20,22,24)(H2,19,21,23,25);1H/t11-;/m0./s1. The number of halogens is 1. The molecule has 0 aliphatic rings. The van der Waals surface area contributed by atoms with Gasteiger partial charge in [0.1, 0.15) is 11.0 Å². The van der Waals surface area contributed by atoms with Gasteiger partial charge in [-0.25, -0.2) is 9.97 Å². The van der Waals surface area contributed by atoms with E-state index in [1.807, 2.05) is 20.8 Å². The molecule has 0 saturated heterocycles. The predicted octanol–water partition coefficient (Wildman–Crippen LogP) is 2.49. The molecule has 2 aromatic heterocycles. The zero-order chi connectivity index (χ0) is 19.1. The van der Waals surface area contributed by atoms with Gasteiger partial charge in [0.2, 0.25) is 11.9 Å². The molecular weight excluding hydrogens is 368 g/mol. The van der Waals surface area contributed by atoms with Crippen molar-refractivity contribution in [3.63, 3.8) is 0 Å². The Morgan fingerprint density at radius 1 is 0.926 bits per heavy atom. The summed E-state index contributed by atoms with van der Waals surface area (Å²) in [5.41, 5.74) is 2.23. The highest BCUT2D eigenvalue weighted by Crippen LogP contribution is 2.26. The average Bonchev–Trinajstić information content (AvgIpc) is 2.59. The molecule has 0 amide bonds. The van der Waals surface area contributed by atoms with E-state index in [0.29, 0.717) is 60.7 Å². The minimum Gasteiger partial charge on any atom is -0.392 e. The van der Waals surface area contributed by atoms with Crippen molar-refractivity contribution in [1.82, 2.24) is 19.9 Å². The van der Waals surface area contributed by atoms with E-state index in [1.54, 1.807) is 6.92 Å². The summed E-state index contributed by atoms with van der Waals surface area (Å²) in [4.78, 5) is 18.1. The molecule has 0 aromatic carbocycles. The lowest BCUT2D eigenvalue weighted by Gasteiger charge is -2.15. The van der Waals surface area contributed by atoms with Crippen molar-refractivity contribution < 1.29 is 5.11 Å². The number of anilines is 4. The predicted molar refractivity (Wildman–Crippen MR) is 114 cm³/mol. The molecule has 1 atom stereocenters. The highest BCUT2D eigenvalue weighted by atomic mass is 35.5. The second kappa shape index (κ2) is 10.7. The number of hydrogen-bond acceptors (Lipinski definition) is 9. The van der Waals surface area contributed by atoms with Crippen LogP contribution in [0, 0.1) is 0 Å². The molecule has 0 aliphatic carbocycles. The van der Waals surface area contributed by atoms with E-state index >= 15 is 0 Å². The second-order valence-corrected chi connectivity index (χ2v) is 6.09. The summed E-state index contributed by atoms with van der Waals surface area (Å²) in [6, 6.07) is 0. The number of hydrogen-bond donors (Lipinski definition) is 5. The molecule has 27 heavy (non-hydrogen) atoms. The highest BCUT2D eigenvalue weighted by molar-refractivity contribution is 5.94. The minimum atomic E-state index is -0.505. The molecule has 0 fully saturated rings. The number of rotatable bonds is 10. The quantitative estimate of drug-likeness (QED) is 0.385. The number of fused-ring (bicyclic) bond motifs is 1. The molecule has 10 heteroatoms. The van der Waals surface area contributed by atoms with Crippen molar-refractivity contribution >= 4 is 47.0 Å². The number of aliphatic hydroxyl groups is 1. The van der Waals surface area contributed by atoms with E-state index < -0.39 is 6.10 Å². The van der Waals surface area contributed by atoms with Crippen LogP contribution < -0.4 is 21.3 Å². The maximum Gasteiger partial charge on any atom is 0.225 e. The fraction of sp³-hybridized carbons (Fsp3) is 0.529. The highest BCUT2D eigenvalue weighted by Gasteiger charge is 2.15. The molecule has 150 valence electrons. The lowest BCUT2D eigenvalue weighted by atomic mass is 10.3. The molecule has 0 aliphatic heterocycles. The van der Waals surface area contributed by atoms with E-state index in [4.69, 9.17) is 0 Å². The fourth-order valence-electron chi connectivity index (χ4n) is 2.22. The lowest BCUT2D eigenvalue weighted by molar-refractivity contribution is 0.208. The minimum absolute atomic E-state index is 0. The Balaban J connectivity index is 0.00000364. The van der Waals surface area contributed by atoms with Crippen molar-refractivity contribution in [1.29, 1.82) is 0 Å². The van der Waals surface area contributed by atoms with Crippen LogP contribution in [0.4, 0.5) is 23.5 Å². The van der Waals surface area contributed by atoms with E-state index in [2.05, 4.69) is 47.8 Å². The van der Waals surface area contributed by atoms with E-state index in [1.165, 1.54) is 0 Å². The number of aromatic nitrogens is 4. The summed E-state index contributed by atoms with van der Waals surface area (Å²) in [5, 5.41) is 22.1. The number of nitrogens with zero attached hydrogens (tertiary/aromatic N) is 4. The Hall–Kier alpha value is -2.39. The zero-order valence-corrected chi connectivity index (χ0v) is 17.1. The molecule has 0 saturated carbocycles. The number of nitrogens with one attached hydrogen (secondary N) is 4. The lowest BCUT2D eigenvalue weighted by Crippen LogP contribution is -2.18. The van der Waals surface area contributed by atoms with Crippen LogP contribution in [0.25, 0.3) is 11.0 Å². The first-order valence-electron chi connectivity index (χ1n) is 8.82. The van der Waals surface area contributed by atoms with E-state index in [-0.39, 0.29) is 12.4 Å². The summed E-state index contributed by atoms with van der Waals surface area (Å²) in [7, 11) is 0. The molecular formula is C17H29ClN8O. The molecule has 0 unspecified atom stereocenters. The summed E-state index contributed by atoms with van der Waals surface area (Å²) in [5.74, 6) is 2.15. The van der Waals surface area contributed by atoms with Crippen molar-refractivity contribution in [2.75, 3.05) is 47.4 Å². The van der Waals surface area contributed by atoms with Gasteiger partial charge in [-0.05, 0) is 27.7 Å². The summed E-state index contributed by atoms with van der Waals surface area (Å²) < 4.78 is 0. The van der Waals surface area contributed by atoms with Gasteiger partial charge in [0.05, 0.1) is 6.10 Å². The van der Waals surface area contributed by atoms with Crippen LogP contribution in [0.1, 0.15) is 27.7 Å². The Kier molecular flexibility index (Phi) is 8.96. The van der Waals surface area contributed by atoms with Crippen molar-refractivity contribution in [3.05, 3.63) is 12.2 Å². The fourth-order valence-corrected chi connectivity index (χ4v) is 2.22. The monoisotopic (exact) mass is 396 g/mol. The van der Waals surface area contributed by atoms with Crippen LogP contribution >= 0.6 is 12.4 Å². The van der Waals surface area contributed by atoms with Gasteiger partial charge in [0, 0.05) is 26.2 Å². The van der Waals surface area contributed by atoms with Crippen LogP contribution in [-0.2, 0) is 0 Å². The molecule has 0 bridgehead atoms. The van der Waals surface area contributed by atoms with Gasteiger partial charge in [-0.3, -0.25) is 0 Å². The molecule has 0 spiro atoms. The van der Waals surface area contributed by atoms with Crippen LogP contribution in [0.5, 0.6) is 0 Å². The van der Waals surface area contributed by atoms with E-state index in [9.17, 15) is 5.11 Å². The molecule has 2 heterocycles. The zero-order valence-electron chi connectivity index (χ0n) is 16.3. The maximum atomic E-state index is 9.49. The Labute approximate surface area is 165 Å². The SMILES string of the molecule is C=C(C)CNc1nc(NCC)c2nc(NC[C@H](C)O)nc(NCC)c2n1.Cl. The van der Waals surface area contributed by atoms with Gasteiger partial charge in [0.25, 0.3) is 0 Å². The summed E-state index contributed by atoms with van der Waals surface area (Å²) >= 11 is 0. The van der Waals surface area contributed by atoms with Crippen molar-refractivity contribution in [3.8, 4) is 0 Å². The summed E-state index contributed by atoms with van der Waals surface area (Å²) in [6.07, 6.45) is -0.505. The van der Waals surface area contributed by atoms with Gasteiger partial charge in [-0.15, -0.1) is 12.4 Å². The van der Waals surface area contributed by atoms with Crippen LogP contribution in [0.3, 0.4) is 0 Å². The molecule has 9 nitrogen and oxygen atoms in total. The normalized spacial score (nSPS) is 11.4. The van der Waals surface area contributed by atoms with Crippen molar-refractivity contribution in [2.45, 2.75) is 33.8 Å². The Morgan fingerprint density at radius 2 is 1.41 bits per heavy atom. The first-order chi connectivity index (χ1) is 12.4. The van der Waals surface area contributed by atoms with Crippen LogP contribution in [0.15, 0.2) is 12.2 Å². The first kappa shape index (κ1) is 22.7. The average molecular weight is 397 g/mol. The van der Waals surface area contributed by atoms with E-state index in [0.717, 1.165) is 5.57 Å². The van der Waals surface area contributed by atoms with Crippen molar-refractivity contribution in [2.24, 2.45) is 0 Å². The summed E-state index contributed by atoms with van der Waals surface area (Å²) in [6.45, 7) is 13.8. The van der Waals surface area contributed by atoms with Gasteiger partial charge >= 0.3 is 0 Å². The third kappa shape index (κ3) is 6.37. The molecule has 2 rings (SSSR count). The smallest absolute Gasteiger partial charge is 0.225 e. The topological polar surface area (TPSA) is 120 Å². The van der Waals surface area contributed by atoms with Gasteiger partial charge in [-0.1, -0.05) is 12.2 Å². The Morgan fingerprint density at radius 3 is 1.81 bits per heavy atom. The third-order valence-electron chi connectivity index (χ3n) is 3.34. The Bertz CT molecular complexity index is 768. The third-order valence-corrected chi connectivity index (χ3v) is 3.34. The number of aliphatic hydroxyl groups excluding tert-OH is 1. The molecule has 2 aromatic rings. The van der Waals surface area contributed by atoms with Crippen LogP contribution in [0.2, 0.25) is 0 Å². The van der Waals surface area contributed by atoms with Gasteiger partial charge < -0.3 is 26.4 Å². The maximum absolute atomic E-state index is 9.49. The van der Waals surface area contributed by atoms with Gasteiger partial charge in [0.15, 0.2) is 11.6 Å². The second-order valence-electron chi connectivity index (χ2n) is 6.09.